The molecule has 2 aliphatic heterocycles. The summed E-state index contributed by atoms with van der Waals surface area (Å²) in [7, 11) is 0. The topological polar surface area (TPSA) is 44.8 Å². The number of nitrogens with one attached hydrogen (secondary N) is 1. The first-order valence-corrected chi connectivity index (χ1v) is 11.6. The van der Waals surface area contributed by atoms with Crippen molar-refractivity contribution in [3.63, 3.8) is 0 Å². The lowest BCUT2D eigenvalue weighted by atomic mass is 9.96. The number of hydrogen-bond donors (Lipinski definition) is 1. The summed E-state index contributed by atoms with van der Waals surface area (Å²) in [5.74, 6) is 0.266. The van der Waals surface area contributed by atoms with Gasteiger partial charge in [0.2, 0.25) is 5.91 Å². The predicted molar refractivity (Wildman–Crippen MR) is 124 cm³/mol. The molecular formula is C26H35N3O2. The van der Waals surface area contributed by atoms with E-state index in [9.17, 15) is 4.79 Å². The molecule has 0 radical (unpaired) electrons. The third kappa shape index (κ3) is 6.63. The van der Waals surface area contributed by atoms with Crippen LogP contribution in [0.15, 0.2) is 48.5 Å². The quantitative estimate of drug-likeness (QED) is 0.745. The number of amides is 1. The van der Waals surface area contributed by atoms with Crippen molar-refractivity contribution in [3.8, 4) is 0 Å². The van der Waals surface area contributed by atoms with Gasteiger partial charge in [-0.1, -0.05) is 54.1 Å². The van der Waals surface area contributed by atoms with Gasteiger partial charge in [0, 0.05) is 39.3 Å². The minimum absolute atomic E-state index is 0.0788. The zero-order valence-electron chi connectivity index (χ0n) is 18.7. The number of benzene rings is 2. The molecule has 1 amide bonds. The van der Waals surface area contributed by atoms with Gasteiger partial charge in [0.25, 0.3) is 0 Å². The number of aryl methyl sites for hydroxylation is 1. The lowest BCUT2D eigenvalue weighted by Crippen LogP contribution is -2.42. The van der Waals surface area contributed by atoms with Gasteiger partial charge >= 0.3 is 0 Å². The van der Waals surface area contributed by atoms with Crippen LogP contribution in [0.25, 0.3) is 0 Å². The van der Waals surface area contributed by atoms with Crippen molar-refractivity contribution in [2.24, 2.45) is 5.92 Å². The van der Waals surface area contributed by atoms with Crippen molar-refractivity contribution in [2.45, 2.75) is 39.4 Å². The Labute approximate surface area is 186 Å². The van der Waals surface area contributed by atoms with Gasteiger partial charge in [-0.15, -0.1) is 0 Å². The number of nitrogens with zero attached hydrogens (tertiary/aromatic N) is 2. The zero-order valence-corrected chi connectivity index (χ0v) is 18.7. The van der Waals surface area contributed by atoms with Gasteiger partial charge in [-0.2, -0.15) is 0 Å². The molecule has 166 valence electrons. The van der Waals surface area contributed by atoms with Crippen molar-refractivity contribution in [2.75, 3.05) is 39.4 Å². The minimum atomic E-state index is 0.0788. The molecule has 4 rings (SSSR count). The number of piperidine rings is 1. The van der Waals surface area contributed by atoms with Crippen molar-refractivity contribution >= 4 is 5.91 Å². The highest BCUT2D eigenvalue weighted by atomic mass is 16.5. The van der Waals surface area contributed by atoms with E-state index < -0.39 is 0 Å². The van der Waals surface area contributed by atoms with E-state index in [0.29, 0.717) is 6.54 Å². The van der Waals surface area contributed by atoms with E-state index in [1.807, 2.05) is 0 Å². The third-order valence-electron chi connectivity index (χ3n) is 6.33. The molecule has 1 unspecified atom stereocenters. The molecule has 5 heteroatoms. The normalized spacial score (nSPS) is 20.5. The number of carbonyl (C=O) groups excluding carboxylic acids is 1. The van der Waals surface area contributed by atoms with Crippen LogP contribution in [0.5, 0.6) is 0 Å². The molecule has 2 aromatic carbocycles. The first-order valence-electron chi connectivity index (χ1n) is 11.6. The predicted octanol–water partition coefficient (Wildman–Crippen LogP) is 3.36. The molecule has 2 saturated heterocycles. The van der Waals surface area contributed by atoms with E-state index in [4.69, 9.17) is 4.74 Å². The van der Waals surface area contributed by atoms with Crippen LogP contribution in [0.1, 0.15) is 35.1 Å². The monoisotopic (exact) mass is 421 g/mol. The van der Waals surface area contributed by atoms with Gasteiger partial charge in [-0.05, 0) is 43.0 Å². The van der Waals surface area contributed by atoms with E-state index in [2.05, 4.69) is 70.6 Å². The van der Waals surface area contributed by atoms with E-state index in [0.717, 1.165) is 65.3 Å². The van der Waals surface area contributed by atoms with Crippen molar-refractivity contribution < 1.29 is 9.53 Å². The van der Waals surface area contributed by atoms with Crippen LogP contribution in [0.2, 0.25) is 0 Å². The van der Waals surface area contributed by atoms with Crippen molar-refractivity contribution in [1.82, 2.24) is 15.1 Å². The van der Waals surface area contributed by atoms with Gasteiger partial charge in [0.15, 0.2) is 0 Å². The van der Waals surface area contributed by atoms with E-state index in [-0.39, 0.29) is 11.8 Å². The Morgan fingerprint density at radius 3 is 2.48 bits per heavy atom. The number of ether oxygens (including phenoxy) is 1. The zero-order chi connectivity index (χ0) is 21.5. The lowest BCUT2D eigenvalue weighted by molar-refractivity contribution is -0.126. The molecule has 0 aliphatic carbocycles. The van der Waals surface area contributed by atoms with E-state index in [1.54, 1.807) is 0 Å². The molecule has 2 aliphatic rings. The Balaban J connectivity index is 1.26. The average Bonchev–Trinajstić information content (AvgIpc) is 2.79. The summed E-state index contributed by atoms with van der Waals surface area (Å²) in [5.41, 5.74) is 5.10. The molecule has 2 fully saturated rings. The second-order valence-electron chi connectivity index (χ2n) is 8.99. The summed E-state index contributed by atoms with van der Waals surface area (Å²) in [5, 5.41) is 3.19. The second-order valence-corrected chi connectivity index (χ2v) is 8.99. The Hall–Kier alpha value is -2.21. The number of carbonyl (C=O) groups is 1. The maximum absolute atomic E-state index is 12.9. The number of hydrogen-bond acceptors (Lipinski definition) is 4. The molecular weight excluding hydrogens is 386 g/mol. The Morgan fingerprint density at radius 2 is 1.68 bits per heavy atom. The molecule has 0 saturated carbocycles. The Kier molecular flexibility index (Phi) is 7.73. The summed E-state index contributed by atoms with van der Waals surface area (Å²) < 4.78 is 5.44. The highest BCUT2D eigenvalue weighted by molar-refractivity contribution is 5.79. The Morgan fingerprint density at radius 1 is 0.968 bits per heavy atom. The van der Waals surface area contributed by atoms with Crippen molar-refractivity contribution in [1.29, 1.82) is 0 Å². The minimum Gasteiger partial charge on any atom is -0.379 e. The molecule has 0 bridgehead atoms. The van der Waals surface area contributed by atoms with Crippen LogP contribution >= 0.6 is 0 Å². The Bertz CT molecular complexity index is 863. The third-order valence-corrected chi connectivity index (χ3v) is 6.33. The van der Waals surface area contributed by atoms with Crippen LogP contribution < -0.4 is 5.32 Å². The molecule has 31 heavy (non-hydrogen) atoms. The largest absolute Gasteiger partial charge is 0.379 e. The van der Waals surface area contributed by atoms with Gasteiger partial charge in [-0.3, -0.25) is 14.6 Å². The SMILES string of the molecule is Cc1cccc(CN2CCCC(C(=O)NCc3cccc(CN4CCOCC4)c3)C2)c1. The van der Waals surface area contributed by atoms with Crippen LogP contribution in [0.4, 0.5) is 0 Å². The van der Waals surface area contributed by atoms with Crippen LogP contribution in [-0.4, -0.2) is 55.1 Å². The fraction of sp³-hybridized carbons (Fsp3) is 0.500. The summed E-state index contributed by atoms with van der Waals surface area (Å²) in [6, 6.07) is 17.3. The van der Waals surface area contributed by atoms with Crippen molar-refractivity contribution in [3.05, 3.63) is 70.8 Å². The van der Waals surface area contributed by atoms with Gasteiger partial charge in [-0.25, -0.2) is 0 Å². The van der Waals surface area contributed by atoms with E-state index >= 15 is 0 Å². The van der Waals surface area contributed by atoms with Crippen LogP contribution in [-0.2, 0) is 29.2 Å². The fourth-order valence-electron chi connectivity index (χ4n) is 4.67. The second kappa shape index (κ2) is 10.9. The smallest absolute Gasteiger partial charge is 0.224 e. The van der Waals surface area contributed by atoms with Crippen LogP contribution in [0, 0.1) is 12.8 Å². The fourth-order valence-corrected chi connectivity index (χ4v) is 4.67. The van der Waals surface area contributed by atoms with E-state index in [1.165, 1.54) is 22.3 Å². The summed E-state index contributed by atoms with van der Waals surface area (Å²) in [6.07, 6.45) is 2.06. The lowest BCUT2D eigenvalue weighted by Gasteiger charge is -2.32. The molecule has 0 spiro atoms. The summed E-state index contributed by atoms with van der Waals surface area (Å²) in [4.78, 5) is 17.7. The molecule has 5 nitrogen and oxygen atoms in total. The average molecular weight is 422 g/mol. The first-order chi connectivity index (χ1) is 15.2. The molecule has 2 heterocycles. The first kappa shape index (κ1) is 22.0. The highest BCUT2D eigenvalue weighted by Crippen LogP contribution is 2.19. The molecule has 2 aromatic rings. The maximum atomic E-state index is 12.9. The van der Waals surface area contributed by atoms with Gasteiger partial charge in [0.05, 0.1) is 19.1 Å². The van der Waals surface area contributed by atoms with Gasteiger partial charge in [0.1, 0.15) is 0 Å². The number of likely N-dealkylation sites (tertiary alicyclic amines) is 1. The number of rotatable bonds is 7. The molecule has 0 aromatic heterocycles. The molecule has 1 atom stereocenters. The summed E-state index contributed by atoms with van der Waals surface area (Å²) >= 11 is 0. The summed E-state index contributed by atoms with van der Waals surface area (Å²) in [6.45, 7) is 10.1. The molecule has 1 N–H and O–H groups in total. The van der Waals surface area contributed by atoms with Gasteiger partial charge < -0.3 is 10.1 Å². The highest BCUT2D eigenvalue weighted by Gasteiger charge is 2.25. The standard InChI is InChI=1S/C26H35N3O2/c1-21-5-2-7-23(15-21)19-29-10-4-9-25(20-29)26(30)27-17-22-6-3-8-24(16-22)18-28-11-13-31-14-12-28/h2-3,5-8,15-16,25H,4,9-14,17-20H2,1H3,(H,27,30). The number of morpholine rings is 1. The van der Waals surface area contributed by atoms with Crippen LogP contribution in [0.3, 0.4) is 0 Å². The maximum Gasteiger partial charge on any atom is 0.224 e.